The third-order valence-corrected chi connectivity index (χ3v) is 3.82. The van der Waals surface area contributed by atoms with Gasteiger partial charge in [-0.1, -0.05) is 26.7 Å². The summed E-state index contributed by atoms with van der Waals surface area (Å²) in [7, 11) is 0. The Bertz CT molecular complexity index is 273. The molecule has 1 aliphatic heterocycles. The lowest BCUT2D eigenvalue weighted by Gasteiger charge is -2.32. The summed E-state index contributed by atoms with van der Waals surface area (Å²) in [6, 6.07) is 0.388. The average molecular weight is 224 g/mol. The second kappa shape index (κ2) is 4.36. The molecular formula is C13H24N2O. The van der Waals surface area contributed by atoms with E-state index in [1.54, 1.807) is 0 Å². The van der Waals surface area contributed by atoms with Crippen LogP contribution in [0.1, 0.15) is 47.0 Å². The lowest BCUT2D eigenvalue weighted by molar-refractivity contribution is -0.132. The van der Waals surface area contributed by atoms with Crippen molar-refractivity contribution in [2.24, 2.45) is 11.8 Å². The van der Waals surface area contributed by atoms with Crippen LogP contribution in [0.25, 0.3) is 0 Å². The molecule has 3 atom stereocenters. The molecule has 0 radical (unpaired) electrons. The third-order valence-electron chi connectivity index (χ3n) is 3.82. The predicted octanol–water partition coefficient (Wildman–Crippen LogP) is 1.98. The first-order valence-corrected chi connectivity index (χ1v) is 6.59. The van der Waals surface area contributed by atoms with Crippen LogP contribution in [0.3, 0.4) is 0 Å². The molecule has 1 saturated heterocycles. The van der Waals surface area contributed by atoms with Gasteiger partial charge in [0, 0.05) is 6.04 Å². The molecule has 0 bridgehead atoms. The van der Waals surface area contributed by atoms with Crippen LogP contribution in [0.5, 0.6) is 0 Å². The number of nitrogens with zero attached hydrogens (tertiary/aromatic N) is 1. The summed E-state index contributed by atoms with van der Waals surface area (Å²) < 4.78 is 0. The summed E-state index contributed by atoms with van der Waals surface area (Å²) >= 11 is 0. The van der Waals surface area contributed by atoms with Crippen molar-refractivity contribution >= 4 is 5.91 Å². The highest BCUT2D eigenvalue weighted by Crippen LogP contribution is 2.36. The van der Waals surface area contributed by atoms with Crippen molar-refractivity contribution in [1.82, 2.24) is 10.2 Å². The van der Waals surface area contributed by atoms with E-state index in [1.165, 1.54) is 19.3 Å². The molecule has 2 rings (SSSR count). The molecular weight excluding hydrogens is 200 g/mol. The van der Waals surface area contributed by atoms with Crippen molar-refractivity contribution in [3.63, 3.8) is 0 Å². The first kappa shape index (κ1) is 11.9. The zero-order chi connectivity index (χ0) is 11.9. The Balaban J connectivity index is 2.04. The van der Waals surface area contributed by atoms with Crippen molar-refractivity contribution in [2.75, 3.05) is 0 Å². The number of carbonyl (C=O) groups excluding carboxylic acids is 1. The molecule has 2 aliphatic rings. The highest BCUT2D eigenvalue weighted by molar-refractivity contribution is 5.84. The van der Waals surface area contributed by atoms with Gasteiger partial charge in [-0.15, -0.1) is 0 Å². The van der Waals surface area contributed by atoms with E-state index in [0.29, 0.717) is 12.0 Å². The van der Waals surface area contributed by atoms with Crippen molar-refractivity contribution < 1.29 is 4.79 Å². The van der Waals surface area contributed by atoms with Crippen LogP contribution in [-0.2, 0) is 4.79 Å². The molecule has 0 aromatic rings. The van der Waals surface area contributed by atoms with Gasteiger partial charge in [0.2, 0.25) is 5.91 Å². The van der Waals surface area contributed by atoms with Crippen molar-refractivity contribution in [1.29, 1.82) is 0 Å². The zero-order valence-electron chi connectivity index (χ0n) is 10.9. The Morgan fingerprint density at radius 2 is 2.00 bits per heavy atom. The molecule has 2 fully saturated rings. The van der Waals surface area contributed by atoms with Gasteiger partial charge in [-0.2, -0.15) is 0 Å². The molecule has 0 spiro atoms. The fraction of sp³-hybridized carbons (Fsp3) is 0.923. The largest absolute Gasteiger partial charge is 0.323 e. The molecule has 1 N–H and O–H groups in total. The molecule has 3 nitrogen and oxygen atoms in total. The Hall–Kier alpha value is -0.570. The van der Waals surface area contributed by atoms with Gasteiger partial charge in [-0.25, -0.2) is 0 Å². The Labute approximate surface area is 98.6 Å². The number of carbonyl (C=O) groups is 1. The van der Waals surface area contributed by atoms with E-state index in [9.17, 15) is 4.79 Å². The van der Waals surface area contributed by atoms with E-state index in [1.807, 2.05) is 6.92 Å². The van der Waals surface area contributed by atoms with Crippen LogP contribution in [0.2, 0.25) is 0 Å². The SMILES string of the molecule is CC1NC(C(C)C)N(C(C)CC2CC2)C1=O. The van der Waals surface area contributed by atoms with Gasteiger partial charge in [0.1, 0.15) is 0 Å². The van der Waals surface area contributed by atoms with Crippen molar-refractivity contribution in [3.05, 3.63) is 0 Å². The fourth-order valence-electron chi connectivity index (χ4n) is 2.72. The predicted molar refractivity (Wildman–Crippen MR) is 64.9 cm³/mol. The molecule has 3 unspecified atom stereocenters. The maximum atomic E-state index is 12.1. The quantitative estimate of drug-likeness (QED) is 0.792. The van der Waals surface area contributed by atoms with Crippen LogP contribution >= 0.6 is 0 Å². The van der Waals surface area contributed by atoms with Gasteiger partial charge >= 0.3 is 0 Å². The van der Waals surface area contributed by atoms with Crippen LogP contribution in [0.15, 0.2) is 0 Å². The van der Waals surface area contributed by atoms with Gasteiger partial charge in [-0.3, -0.25) is 10.1 Å². The zero-order valence-corrected chi connectivity index (χ0v) is 10.9. The van der Waals surface area contributed by atoms with E-state index in [0.717, 1.165) is 5.92 Å². The summed E-state index contributed by atoms with van der Waals surface area (Å²) in [4.78, 5) is 14.2. The van der Waals surface area contributed by atoms with Gasteiger partial charge < -0.3 is 4.90 Å². The minimum absolute atomic E-state index is 0.00551. The standard InChI is InChI=1S/C13H24N2O/c1-8(2)12-14-10(4)13(16)15(12)9(3)7-11-5-6-11/h8-12,14H,5-7H2,1-4H3. The first-order valence-electron chi connectivity index (χ1n) is 6.59. The summed E-state index contributed by atoms with van der Waals surface area (Å²) in [6.07, 6.45) is 4.14. The molecule has 3 heteroatoms. The Morgan fingerprint density at radius 3 is 2.50 bits per heavy atom. The van der Waals surface area contributed by atoms with E-state index in [2.05, 4.69) is 31.0 Å². The van der Waals surface area contributed by atoms with Gasteiger partial charge in [0.25, 0.3) is 0 Å². The third kappa shape index (κ3) is 2.24. The molecule has 1 amide bonds. The maximum absolute atomic E-state index is 12.1. The van der Waals surface area contributed by atoms with Crippen molar-refractivity contribution in [2.45, 2.75) is 65.2 Å². The normalized spacial score (nSPS) is 32.6. The lowest BCUT2D eigenvalue weighted by atomic mass is 10.1. The molecule has 92 valence electrons. The average Bonchev–Trinajstić information content (AvgIpc) is 2.94. The van der Waals surface area contributed by atoms with Gasteiger partial charge in [0.05, 0.1) is 12.2 Å². The molecule has 1 saturated carbocycles. The maximum Gasteiger partial charge on any atom is 0.240 e. The van der Waals surface area contributed by atoms with E-state index in [4.69, 9.17) is 0 Å². The number of rotatable bonds is 4. The summed E-state index contributed by atoms with van der Waals surface area (Å²) in [5.74, 6) is 1.65. The second-order valence-electron chi connectivity index (χ2n) is 5.85. The molecule has 1 heterocycles. The highest BCUT2D eigenvalue weighted by Gasteiger charge is 2.41. The topological polar surface area (TPSA) is 32.3 Å². The summed E-state index contributed by atoms with van der Waals surface area (Å²) in [5.41, 5.74) is 0. The smallest absolute Gasteiger partial charge is 0.240 e. The van der Waals surface area contributed by atoms with Gasteiger partial charge in [-0.05, 0) is 32.1 Å². The van der Waals surface area contributed by atoms with E-state index >= 15 is 0 Å². The molecule has 0 aromatic heterocycles. The fourth-order valence-corrected chi connectivity index (χ4v) is 2.72. The van der Waals surface area contributed by atoms with Gasteiger partial charge in [0.15, 0.2) is 0 Å². The van der Waals surface area contributed by atoms with Crippen molar-refractivity contribution in [3.8, 4) is 0 Å². The van der Waals surface area contributed by atoms with E-state index < -0.39 is 0 Å². The molecule has 0 aromatic carbocycles. The van der Waals surface area contributed by atoms with Crippen LogP contribution in [-0.4, -0.2) is 29.1 Å². The van der Waals surface area contributed by atoms with Crippen LogP contribution in [0, 0.1) is 11.8 Å². The summed E-state index contributed by atoms with van der Waals surface area (Å²) in [6.45, 7) is 8.53. The number of hydrogen-bond donors (Lipinski definition) is 1. The second-order valence-corrected chi connectivity index (χ2v) is 5.85. The Morgan fingerprint density at radius 1 is 1.38 bits per heavy atom. The monoisotopic (exact) mass is 224 g/mol. The number of nitrogens with one attached hydrogen (secondary N) is 1. The number of hydrogen-bond acceptors (Lipinski definition) is 2. The molecule has 16 heavy (non-hydrogen) atoms. The van der Waals surface area contributed by atoms with Crippen LogP contribution < -0.4 is 5.32 Å². The first-order chi connectivity index (χ1) is 7.50. The lowest BCUT2D eigenvalue weighted by Crippen LogP contribution is -2.46. The summed E-state index contributed by atoms with van der Waals surface area (Å²) in [5, 5.41) is 3.40. The molecule has 1 aliphatic carbocycles. The minimum Gasteiger partial charge on any atom is -0.323 e. The van der Waals surface area contributed by atoms with E-state index in [-0.39, 0.29) is 18.1 Å². The number of amides is 1. The minimum atomic E-state index is -0.00551. The highest BCUT2D eigenvalue weighted by atomic mass is 16.2. The Kier molecular flexibility index (Phi) is 3.24. The van der Waals surface area contributed by atoms with Crippen LogP contribution in [0.4, 0.5) is 0 Å².